The van der Waals surface area contributed by atoms with Gasteiger partial charge >= 0.3 is 6.18 Å². The van der Waals surface area contributed by atoms with Gasteiger partial charge in [0.1, 0.15) is 5.82 Å². The number of hydrogen-bond acceptors (Lipinski definition) is 4. The van der Waals surface area contributed by atoms with Gasteiger partial charge < -0.3 is 20.7 Å². The minimum absolute atomic E-state index is 0.0697. The van der Waals surface area contributed by atoms with Gasteiger partial charge in [-0.3, -0.25) is 4.79 Å². The maximum atomic E-state index is 13.5. The van der Waals surface area contributed by atoms with Crippen LogP contribution in [0.3, 0.4) is 0 Å². The minimum atomic E-state index is -4.57. The summed E-state index contributed by atoms with van der Waals surface area (Å²) in [7, 11) is 1.47. The van der Waals surface area contributed by atoms with E-state index in [2.05, 4.69) is 16.0 Å². The number of carbonyl (C=O) groups excluding carboxylic acids is 1. The Morgan fingerprint density at radius 3 is 2.66 bits per heavy atom. The molecule has 29 heavy (non-hydrogen) atoms. The van der Waals surface area contributed by atoms with Crippen molar-refractivity contribution in [3.8, 4) is 0 Å². The van der Waals surface area contributed by atoms with Crippen LogP contribution >= 0.6 is 0 Å². The van der Waals surface area contributed by atoms with Crippen molar-refractivity contribution >= 4 is 28.5 Å². The normalized spacial score (nSPS) is 15.8. The highest BCUT2D eigenvalue weighted by molar-refractivity contribution is 6.31. The summed E-state index contributed by atoms with van der Waals surface area (Å²) in [5, 5.41) is 8.02. The second kappa shape index (κ2) is 8.12. The summed E-state index contributed by atoms with van der Waals surface area (Å²) in [5.41, 5.74) is 0.210. The SMILES string of the molecule is COCC(C)Nc1ccc(NC=C2C(=O)Nc3cc(F)ccc32)cc1C(F)(F)F. The lowest BCUT2D eigenvalue weighted by atomic mass is 10.1. The van der Waals surface area contributed by atoms with Gasteiger partial charge in [0.05, 0.1) is 23.4 Å². The molecule has 0 saturated carbocycles. The van der Waals surface area contributed by atoms with E-state index in [1.165, 1.54) is 43.6 Å². The molecule has 1 unspecified atom stereocenters. The Bertz CT molecular complexity index is 957. The number of fused-ring (bicyclic) bond motifs is 1. The largest absolute Gasteiger partial charge is 0.418 e. The monoisotopic (exact) mass is 409 g/mol. The Labute approximate surface area is 164 Å². The van der Waals surface area contributed by atoms with Crippen molar-refractivity contribution in [1.82, 2.24) is 0 Å². The molecule has 2 aromatic carbocycles. The number of nitrogens with one attached hydrogen (secondary N) is 3. The Morgan fingerprint density at radius 2 is 1.97 bits per heavy atom. The van der Waals surface area contributed by atoms with Gasteiger partial charge in [-0.05, 0) is 43.3 Å². The van der Waals surface area contributed by atoms with Gasteiger partial charge in [-0.1, -0.05) is 0 Å². The van der Waals surface area contributed by atoms with Gasteiger partial charge in [0, 0.05) is 36.3 Å². The van der Waals surface area contributed by atoms with Gasteiger partial charge in [-0.2, -0.15) is 13.2 Å². The quantitative estimate of drug-likeness (QED) is 0.478. The molecule has 0 aromatic heterocycles. The zero-order valence-electron chi connectivity index (χ0n) is 15.7. The first-order valence-electron chi connectivity index (χ1n) is 8.73. The fraction of sp³-hybridized carbons (Fsp3) is 0.250. The second-order valence-electron chi connectivity index (χ2n) is 6.61. The van der Waals surface area contributed by atoms with E-state index in [0.29, 0.717) is 11.3 Å². The Kier molecular flexibility index (Phi) is 5.78. The predicted molar refractivity (Wildman–Crippen MR) is 103 cm³/mol. The van der Waals surface area contributed by atoms with E-state index >= 15 is 0 Å². The number of ether oxygens (including phenoxy) is 1. The zero-order chi connectivity index (χ0) is 21.2. The molecule has 0 aliphatic carbocycles. The highest BCUT2D eigenvalue weighted by Crippen LogP contribution is 2.37. The smallest absolute Gasteiger partial charge is 0.383 e. The van der Waals surface area contributed by atoms with E-state index in [0.717, 1.165) is 6.07 Å². The number of benzene rings is 2. The molecule has 0 saturated heterocycles. The molecule has 1 amide bonds. The average molecular weight is 409 g/mol. The van der Waals surface area contributed by atoms with Crippen LogP contribution in [0.25, 0.3) is 5.57 Å². The number of hydrogen-bond donors (Lipinski definition) is 3. The summed E-state index contributed by atoms with van der Waals surface area (Å²) in [4.78, 5) is 12.1. The number of alkyl halides is 3. The Morgan fingerprint density at radius 1 is 1.21 bits per heavy atom. The summed E-state index contributed by atoms with van der Waals surface area (Å²) < 4.78 is 58.7. The van der Waals surface area contributed by atoms with Gasteiger partial charge in [-0.25, -0.2) is 4.39 Å². The van der Waals surface area contributed by atoms with Gasteiger partial charge in [0.25, 0.3) is 5.91 Å². The maximum absolute atomic E-state index is 13.5. The molecule has 0 radical (unpaired) electrons. The van der Waals surface area contributed by atoms with Crippen LogP contribution in [0.2, 0.25) is 0 Å². The molecule has 0 bridgehead atoms. The first kappa shape index (κ1) is 20.7. The van der Waals surface area contributed by atoms with E-state index in [1.807, 2.05) is 0 Å². The number of halogens is 4. The highest BCUT2D eigenvalue weighted by Gasteiger charge is 2.34. The number of rotatable bonds is 6. The first-order valence-corrected chi connectivity index (χ1v) is 8.73. The van der Waals surface area contributed by atoms with Crippen LogP contribution in [0.5, 0.6) is 0 Å². The summed E-state index contributed by atoms with van der Waals surface area (Å²) in [6.45, 7) is 1.96. The Hall–Kier alpha value is -3.07. The van der Waals surface area contributed by atoms with E-state index < -0.39 is 23.5 Å². The molecule has 3 N–H and O–H groups in total. The van der Waals surface area contributed by atoms with Crippen molar-refractivity contribution in [3.63, 3.8) is 0 Å². The molecule has 3 rings (SSSR count). The van der Waals surface area contributed by atoms with Crippen molar-refractivity contribution in [2.75, 3.05) is 29.7 Å². The lowest BCUT2D eigenvalue weighted by Crippen LogP contribution is -2.23. The van der Waals surface area contributed by atoms with E-state index in [4.69, 9.17) is 4.74 Å². The van der Waals surface area contributed by atoms with Crippen molar-refractivity contribution in [3.05, 3.63) is 59.5 Å². The van der Waals surface area contributed by atoms with Gasteiger partial charge in [0.15, 0.2) is 0 Å². The molecule has 1 aliphatic rings. The van der Waals surface area contributed by atoms with Crippen molar-refractivity contribution in [2.24, 2.45) is 0 Å². The zero-order valence-corrected chi connectivity index (χ0v) is 15.7. The minimum Gasteiger partial charge on any atom is -0.383 e. The van der Waals surface area contributed by atoms with Crippen LogP contribution in [-0.4, -0.2) is 25.7 Å². The molecule has 0 spiro atoms. The summed E-state index contributed by atoms with van der Waals surface area (Å²) >= 11 is 0. The van der Waals surface area contributed by atoms with Gasteiger partial charge in [-0.15, -0.1) is 0 Å². The lowest BCUT2D eigenvalue weighted by molar-refractivity contribution is -0.137. The summed E-state index contributed by atoms with van der Waals surface area (Å²) in [6.07, 6.45) is -3.27. The second-order valence-corrected chi connectivity index (χ2v) is 6.61. The fourth-order valence-corrected chi connectivity index (χ4v) is 3.02. The van der Waals surface area contributed by atoms with E-state index in [-0.39, 0.29) is 29.6 Å². The molecule has 1 atom stereocenters. The van der Waals surface area contributed by atoms with Crippen LogP contribution < -0.4 is 16.0 Å². The Balaban J connectivity index is 1.87. The van der Waals surface area contributed by atoms with E-state index in [1.54, 1.807) is 6.92 Å². The molecular formula is C20H19F4N3O2. The summed E-state index contributed by atoms with van der Waals surface area (Å²) in [6, 6.07) is 7.23. The number of carbonyl (C=O) groups is 1. The van der Waals surface area contributed by atoms with Crippen LogP contribution in [0.15, 0.2) is 42.6 Å². The number of amides is 1. The number of methoxy groups -OCH3 is 1. The predicted octanol–water partition coefficient (Wildman–Crippen LogP) is 4.70. The third kappa shape index (κ3) is 4.68. The van der Waals surface area contributed by atoms with Gasteiger partial charge in [0.2, 0.25) is 0 Å². The summed E-state index contributed by atoms with van der Waals surface area (Å²) in [5.74, 6) is -0.973. The molecule has 0 fully saturated rings. The van der Waals surface area contributed by atoms with Crippen LogP contribution in [-0.2, 0) is 15.7 Å². The fourth-order valence-electron chi connectivity index (χ4n) is 3.02. The molecule has 5 nitrogen and oxygen atoms in total. The van der Waals surface area contributed by atoms with Crippen LogP contribution in [0.4, 0.5) is 34.6 Å². The highest BCUT2D eigenvalue weighted by atomic mass is 19.4. The third-order valence-electron chi connectivity index (χ3n) is 4.29. The topological polar surface area (TPSA) is 62.4 Å². The van der Waals surface area contributed by atoms with E-state index in [9.17, 15) is 22.4 Å². The molecule has 1 aliphatic heterocycles. The number of anilines is 3. The average Bonchev–Trinajstić information content (AvgIpc) is 2.94. The van der Waals surface area contributed by atoms with Crippen molar-refractivity contribution < 1.29 is 27.1 Å². The van der Waals surface area contributed by atoms with Crippen LogP contribution in [0, 0.1) is 5.82 Å². The van der Waals surface area contributed by atoms with Crippen molar-refractivity contribution in [1.29, 1.82) is 0 Å². The molecule has 9 heteroatoms. The standard InChI is InChI=1S/C20H19F4N3O2/c1-11(10-29-2)26-17-6-4-13(8-16(17)20(22,23)24)25-9-15-14-5-3-12(21)7-18(14)27-19(15)28/h3-9,11,25-26H,10H2,1-2H3,(H,27,28). The van der Waals surface area contributed by atoms with Crippen molar-refractivity contribution in [2.45, 2.75) is 19.1 Å². The molecule has 2 aromatic rings. The lowest BCUT2D eigenvalue weighted by Gasteiger charge is -2.19. The first-order chi connectivity index (χ1) is 13.7. The maximum Gasteiger partial charge on any atom is 0.418 e. The molecular weight excluding hydrogens is 390 g/mol. The van der Waals surface area contributed by atoms with Crippen LogP contribution in [0.1, 0.15) is 18.1 Å². The molecule has 154 valence electrons. The third-order valence-corrected chi connectivity index (χ3v) is 4.29. The molecule has 1 heterocycles.